The monoisotopic (exact) mass is 283 g/mol. The predicted octanol–water partition coefficient (Wildman–Crippen LogP) is 2.22. The molecule has 5 heteroatoms. The fourth-order valence-corrected chi connectivity index (χ4v) is 1.73. The number of para-hydroxylation sites is 1. The molecule has 0 heterocycles. The van der Waals surface area contributed by atoms with Crippen LogP contribution in [0.15, 0.2) is 53.6 Å². The number of phenols is 1. The average Bonchev–Trinajstić information content (AvgIpc) is 2.49. The van der Waals surface area contributed by atoms with Crippen LogP contribution < -0.4 is 10.3 Å². The van der Waals surface area contributed by atoms with Gasteiger partial charge in [-0.25, -0.2) is 5.43 Å². The zero-order valence-electron chi connectivity index (χ0n) is 11.9. The molecule has 0 atom stereocenters. The zero-order valence-corrected chi connectivity index (χ0v) is 11.9. The van der Waals surface area contributed by atoms with Gasteiger partial charge in [-0.3, -0.25) is 4.79 Å². The van der Waals surface area contributed by atoms with Crippen molar-refractivity contribution in [2.75, 3.05) is 19.0 Å². The van der Waals surface area contributed by atoms with E-state index in [0.717, 1.165) is 5.69 Å². The van der Waals surface area contributed by atoms with Gasteiger partial charge in [0.1, 0.15) is 5.75 Å². The van der Waals surface area contributed by atoms with Crippen LogP contribution in [0.25, 0.3) is 0 Å². The van der Waals surface area contributed by atoms with Crippen LogP contribution in [0.2, 0.25) is 0 Å². The molecule has 0 spiro atoms. The van der Waals surface area contributed by atoms with Gasteiger partial charge in [0.2, 0.25) is 0 Å². The van der Waals surface area contributed by atoms with E-state index in [0.29, 0.717) is 11.1 Å². The minimum Gasteiger partial charge on any atom is -0.507 e. The largest absolute Gasteiger partial charge is 0.507 e. The number of anilines is 1. The molecule has 0 unspecified atom stereocenters. The number of aromatic hydroxyl groups is 1. The number of phenolic OH excluding ortho intramolecular Hbond substituents is 1. The van der Waals surface area contributed by atoms with Crippen molar-refractivity contribution in [2.45, 2.75) is 0 Å². The molecule has 21 heavy (non-hydrogen) atoms. The van der Waals surface area contributed by atoms with E-state index in [2.05, 4.69) is 10.5 Å². The highest BCUT2D eigenvalue weighted by Gasteiger charge is 2.04. The fourth-order valence-electron chi connectivity index (χ4n) is 1.73. The third-order valence-corrected chi connectivity index (χ3v) is 2.95. The number of rotatable bonds is 4. The lowest BCUT2D eigenvalue weighted by Crippen LogP contribution is -2.17. The molecule has 2 rings (SSSR count). The highest BCUT2D eigenvalue weighted by atomic mass is 16.3. The topological polar surface area (TPSA) is 64.9 Å². The SMILES string of the molecule is CN(C)c1ccc(C(=O)N/N=C/c2ccccc2O)cc1. The molecular formula is C16H17N3O2. The maximum Gasteiger partial charge on any atom is 0.271 e. The van der Waals surface area contributed by atoms with Crippen LogP contribution in [0, 0.1) is 0 Å². The van der Waals surface area contributed by atoms with Gasteiger partial charge in [-0.2, -0.15) is 5.10 Å². The Labute approximate surface area is 123 Å². The molecule has 0 saturated heterocycles. The first-order chi connectivity index (χ1) is 10.1. The molecule has 1 amide bonds. The van der Waals surface area contributed by atoms with Crippen LogP contribution in [-0.2, 0) is 0 Å². The normalized spacial score (nSPS) is 10.6. The summed E-state index contributed by atoms with van der Waals surface area (Å²) < 4.78 is 0. The first-order valence-electron chi connectivity index (χ1n) is 6.46. The van der Waals surface area contributed by atoms with Crippen LogP contribution in [0.1, 0.15) is 15.9 Å². The molecule has 2 aromatic carbocycles. The van der Waals surface area contributed by atoms with E-state index < -0.39 is 0 Å². The zero-order chi connectivity index (χ0) is 15.2. The minimum absolute atomic E-state index is 0.117. The molecule has 0 bridgehead atoms. The molecule has 0 radical (unpaired) electrons. The second-order valence-electron chi connectivity index (χ2n) is 4.70. The van der Waals surface area contributed by atoms with Gasteiger partial charge in [0.15, 0.2) is 0 Å². The number of amides is 1. The molecular weight excluding hydrogens is 266 g/mol. The maximum absolute atomic E-state index is 11.9. The summed E-state index contributed by atoms with van der Waals surface area (Å²) >= 11 is 0. The van der Waals surface area contributed by atoms with Crippen molar-refractivity contribution in [1.29, 1.82) is 0 Å². The Bertz CT molecular complexity index is 649. The smallest absolute Gasteiger partial charge is 0.271 e. The summed E-state index contributed by atoms with van der Waals surface area (Å²) in [6, 6.07) is 14.0. The number of nitrogens with one attached hydrogen (secondary N) is 1. The Balaban J connectivity index is 2.00. The summed E-state index contributed by atoms with van der Waals surface area (Å²) in [4.78, 5) is 13.9. The van der Waals surface area contributed by atoms with Crippen molar-refractivity contribution in [2.24, 2.45) is 5.10 Å². The van der Waals surface area contributed by atoms with E-state index >= 15 is 0 Å². The lowest BCUT2D eigenvalue weighted by atomic mass is 10.2. The van der Waals surface area contributed by atoms with Gasteiger partial charge in [-0.05, 0) is 36.4 Å². The van der Waals surface area contributed by atoms with Gasteiger partial charge in [-0.15, -0.1) is 0 Å². The molecule has 2 aromatic rings. The van der Waals surface area contributed by atoms with Gasteiger partial charge in [0, 0.05) is 30.9 Å². The third kappa shape index (κ3) is 3.82. The quantitative estimate of drug-likeness (QED) is 0.668. The van der Waals surface area contributed by atoms with E-state index in [-0.39, 0.29) is 11.7 Å². The van der Waals surface area contributed by atoms with Gasteiger partial charge < -0.3 is 10.0 Å². The standard InChI is InChI=1S/C16H17N3O2/c1-19(2)14-9-7-12(8-10-14)16(21)18-17-11-13-5-3-4-6-15(13)20/h3-11,20H,1-2H3,(H,18,21)/b17-11+. The molecule has 0 aromatic heterocycles. The molecule has 2 N–H and O–H groups in total. The number of carbonyl (C=O) groups excluding carboxylic acids is 1. The first-order valence-corrected chi connectivity index (χ1v) is 6.46. The second-order valence-corrected chi connectivity index (χ2v) is 4.70. The summed E-state index contributed by atoms with van der Waals surface area (Å²) in [7, 11) is 3.87. The number of hydrogen-bond donors (Lipinski definition) is 2. The van der Waals surface area contributed by atoms with E-state index in [1.54, 1.807) is 36.4 Å². The van der Waals surface area contributed by atoms with Crippen LogP contribution in [-0.4, -0.2) is 31.3 Å². The van der Waals surface area contributed by atoms with E-state index in [9.17, 15) is 9.90 Å². The van der Waals surface area contributed by atoms with E-state index in [1.165, 1.54) is 6.21 Å². The van der Waals surface area contributed by atoms with Crippen molar-refractivity contribution in [3.63, 3.8) is 0 Å². The summed E-state index contributed by atoms with van der Waals surface area (Å²) in [5, 5.41) is 13.4. The van der Waals surface area contributed by atoms with Crippen molar-refractivity contribution >= 4 is 17.8 Å². The lowest BCUT2D eigenvalue weighted by molar-refractivity contribution is 0.0955. The Kier molecular flexibility index (Phi) is 4.56. The first kappa shape index (κ1) is 14.6. The van der Waals surface area contributed by atoms with Crippen LogP contribution in [0.4, 0.5) is 5.69 Å². The highest BCUT2D eigenvalue weighted by molar-refractivity contribution is 5.95. The molecule has 0 aliphatic rings. The predicted molar refractivity (Wildman–Crippen MR) is 83.9 cm³/mol. The summed E-state index contributed by atoms with van der Waals surface area (Å²) in [6.07, 6.45) is 1.40. The third-order valence-electron chi connectivity index (χ3n) is 2.95. The van der Waals surface area contributed by atoms with E-state index in [1.807, 2.05) is 31.1 Å². The summed E-state index contributed by atoms with van der Waals surface area (Å²) in [6.45, 7) is 0. The van der Waals surface area contributed by atoms with Crippen molar-refractivity contribution in [3.8, 4) is 5.75 Å². The minimum atomic E-state index is -0.299. The summed E-state index contributed by atoms with van der Waals surface area (Å²) in [5.74, 6) is -0.183. The average molecular weight is 283 g/mol. The van der Waals surface area contributed by atoms with Gasteiger partial charge in [0.25, 0.3) is 5.91 Å². The van der Waals surface area contributed by atoms with Crippen LogP contribution in [0.3, 0.4) is 0 Å². The Morgan fingerprint density at radius 2 is 1.81 bits per heavy atom. The molecule has 0 aliphatic carbocycles. The van der Waals surface area contributed by atoms with Gasteiger partial charge in [-0.1, -0.05) is 12.1 Å². The Morgan fingerprint density at radius 3 is 2.43 bits per heavy atom. The number of carbonyl (C=O) groups is 1. The molecule has 0 fully saturated rings. The van der Waals surface area contributed by atoms with Crippen LogP contribution in [0.5, 0.6) is 5.75 Å². The number of nitrogens with zero attached hydrogens (tertiary/aromatic N) is 2. The number of benzene rings is 2. The van der Waals surface area contributed by atoms with Crippen molar-refractivity contribution in [1.82, 2.24) is 5.43 Å². The fraction of sp³-hybridized carbons (Fsp3) is 0.125. The summed E-state index contributed by atoms with van der Waals surface area (Å²) in [5.41, 5.74) is 4.51. The van der Waals surface area contributed by atoms with E-state index in [4.69, 9.17) is 0 Å². The molecule has 0 aliphatic heterocycles. The van der Waals surface area contributed by atoms with Crippen LogP contribution >= 0.6 is 0 Å². The maximum atomic E-state index is 11.9. The van der Waals surface area contributed by atoms with Crippen molar-refractivity contribution in [3.05, 3.63) is 59.7 Å². The number of hydrogen-bond acceptors (Lipinski definition) is 4. The molecule has 108 valence electrons. The lowest BCUT2D eigenvalue weighted by Gasteiger charge is -2.12. The highest BCUT2D eigenvalue weighted by Crippen LogP contribution is 2.13. The Morgan fingerprint density at radius 1 is 1.14 bits per heavy atom. The second kappa shape index (κ2) is 6.56. The van der Waals surface area contributed by atoms with Gasteiger partial charge in [0.05, 0.1) is 6.21 Å². The van der Waals surface area contributed by atoms with Crippen molar-refractivity contribution < 1.29 is 9.90 Å². The Hall–Kier alpha value is -2.82. The number of hydrazone groups is 1. The molecule has 5 nitrogen and oxygen atoms in total. The van der Waals surface area contributed by atoms with Gasteiger partial charge >= 0.3 is 0 Å². The molecule has 0 saturated carbocycles.